The molecule has 0 saturated carbocycles. The normalized spacial score (nSPS) is 11.0. The molecule has 0 aliphatic rings. The van der Waals surface area contributed by atoms with Crippen LogP contribution < -0.4 is 9.62 Å². The summed E-state index contributed by atoms with van der Waals surface area (Å²) in [7, 11) is -3.43. The second-order valence-electron chi connectivity index (χ2n) is 4.95. The van der Waals surface area contributed by atoms with Crippen LogP contribution in [0, 0.1) is 13.8 Å². The summed E-state index contributed by atoms with van der Waals surface area (Å²) in [6.07, 6.45) is 2.83. The van der Waals surface area contributed by atoms with Gasteiger partial charge in [-0.05, 0) is 37.1 Å². The number of nitrogens with one attached hydrogen (secondary N) is 1. The molecule has 0 radical (unpaired) electrons. The molecule has 6 heteroatoms. The average Bonchev–Trinajstić information content (AvgIpc) is 2.39. The Morgan fingerprint density at radius 2 is 2.00 bits per heavy atom. The van der Waals surface area contributed by atoms with E-state index in [1.165, 1.54) is 4.31 Å². The van der Waals surface area contributed by atoms with Crippen LogP contribution in [0.2, 0.25) is 0 Å². The summed E-state index contributed by atoms with van der Waals surface area (Å²) < 4.78 is 25.1. The van der Waals surface area contributed by atoms with Crippen LogP contribution in [0.25, 0.3) is 0 Å². The number of anilines is 1. The molecule has 1 amide bonds. The largest absolute Gasteiger partial charge is 0.353 e. The average molecular weight is 310 g/mol. The van der Waals surface area contributed by atoms with Gasteiger partial charge >= 0.3 is 0 Å². The van der Waals surface area contributed by atoms with Crippen LogP contribution in [0.4, 0.5) is 5.69 Å². The Labute approximate surface area is 126 Å². The van der Waals surface area contributed by atoms with Crippen molar-refractivity contribution in [3.05, 3.63) is 42.0 Å². The second kappa shape index (κ2) is 7.26. The fraction of sp³-hybridized carbons (Fsp3) is 0.400. The lowest BCUT2D eigenvalue weighted by Gasteiger charge is -2.23. The first kappa shape index (κ1) is 17.2. The smallest absolute Gasteiger partial charge is 0.232 e. The van der Waals surface area contributed by atoms with Gasteiger partial charge < -0.3 is 5.32 Å². The molecular weight excluding hydrogens is 288 g/mol. The molecule has 0 unspecified atom stereocenters. The lowest BCUT2D eigenvalue weighted by molar-refractivity contribution is -0.120. The number of sulfonamides is 1. The Morgan fingerprint density at radius 3 is 2.52 bits per heavy atom. The zero-order valence-electron chi connectivity index (χ0n) is 12.7. The molecule has 0 atom stereocenters. The lowest BCUT2D eigenvalue weighted by atomic mass is 10.1. The zero-order chi connectivity index (χ0) is 16.0. The molecule has 1 aromatic carbocycles. The van der Waals surface area contributed by atoms with Gasteiger partial charge in [0, 0.05) is 19.5 Å². The Bertz CT molecular complexity index is 624. The summed E-state index contributed by atoms with van der Waals surface area (Å²) in [5.74, 6) is -0.201. The summed E-state index contributed by atoms with van der Waals surface area (Å²) in [6.45, 7) is 7.89. The minimum atomic E-state index is -3.43. The van der Waals surface area contributed by atoms with Crippen LogP contribution in [0.15, 0.2) is 30.9 Å². The van der Waals surface area contributed by atoms with E-state index < -0.39 is 10.0 Å². The van der Waals surface area contributed by atoms with Crippen LogP contribution in [0.3, 0.4) is 0 Å². The first-order chi connectivity index (χ1) is 9.75. The molecular formula is C15H22N2O3S. The third-order valence-corrected chi connectivity index (χ3v) is 4.36. The number of benzene rings is 1. The lowest BCUT2D eigenvalue weighted by Crippen LogP contribution is -2.34. The van der Waals surface area contributed by atoms with E-state index in [0.717, 1.165) is 17.4 Å². The summed E-state index contributed by atoms with van der Waals surface area (Å²) in [5.41, 5.74) is 2.69. The van der Waals surface area contributed by atoms with Gasteiger partial charge in [-0.25, -0.2) is 8.42 Å². The minimum absolute atomic E-state index is 0.105. The van der Waals surface area contributed by atoms with Gasteiger partial charge in [0.2, 0.25) is 15.9 Å². The molecule has 0 aliphatic carbocycles. The van der Waals surface area contributed by atoms with Gasteiger partial charge in [0.15, 0.2) is 0 Å². The van der Waals surface area contributed by atoms with Gasteiger partial charge in [0.1, 0.15) is 0 Å². The Kier molecular flexibility index (Phi) is 5.96. The van der Waals surface area contributed by atoms with Gasteiger partial charge in [-0.3, -0.25) is 9.10 Å². The van der Waals surface area contributed by atoms with Crippen LogP contribution >= 0.6 is 0 Å². The Balaban J connectivity index is 2.89. The van der Waals surface area contributed by atoms with E-state index in [1.54, 1.807) is 12.1 Å². The van der Waals surface area contributed by atoms with Crippen molar-refractivity contribution >= 4 is 21.6 Å². The van der Waals surface area contributed by atoms with Gasteiger partial charge in [-0.1, -0.05) is 12.1 Å². The number of rotatable bonds is 7. The predicted molar refractivity (Wildman–Crippen MR) is 85.9 cm³/mol. The fourth-order valence-electron chi connectivity index (χ4n) is 1.84. The van der Waals surface area contributed by atoms with Crippen LogP contribution in [0.5, 0.6) is 0 Å². The van der Waals surface area contributed by atoms with E-state index in [1.807, 2.05) is 26.0 Å². The summed E-state index contributed by atoms with van der Waals surface area (Å²) in [4.78, 5) is 11.6. The topological polar surface area (TPSA) is 66.5 Å². The third kappa shape index (κ3) is 5.23. The maximum atomic E-state index is 11.9. The van der Waals surface area contributed by atoms with Gasteiger partial charge in [-0.15, -0.1) is 6.58 Å². The molecule has 1 N–H and O–H groups in total. The number of hydrogen-bond acceptors (Lipinski definition) is 3. The number of carbonyl (C=O) groups is 1. The molecule has 0 fully saturated rings. The minimum Gasteiger partial charge on any atom is -0.353 e. The first-order valence-electron chi connectivity index (χ1n) is 6.68. The molecule has 0 heterocycles. The molecule has 0 saturated heterocycles. The van der Waals surface area contributed by atoms with E-state index in [0.29, 0.717) is 12.2 Å². The van der Waals surface area contributed by atoms with Gasteiger partial charge in [0.05, 0.1) is 11.9 Å². The van der Waals surface area contributed by atoms with E-state index in [9.17, 15) is 13.2 Å². The van der Waals surface area contributed by atoms with E-state index in [4.69, 9.17) is 0 Å². The molecule has 1 aromatic rings. The quantitative estimate of drug-likeness (QED) is 0.780. The van der Waals surface area contributed by atoms with Crippen LogP contribution in [-0.4, -0.2) is 33.7 Å². The highest BCUT2D eigenvalue weighted by Gasteiger charge is 2.18. The highest BCUT2D eigenvalue weighted by molar-refractivity contribution is 7.92. The SMILES string of the molecule is C=CCNC(=O)CCN(c1ccc(C)c(C)c1)S(C)(=O)=O. The number of hydrogen-bond donors (Lipinski definition) is 1. The van der Waals surface area contributed by atoms with Gasteiger partial charge in [-0.2, -0.15) is 0 Å². The number of carbonyl (C=O) groups excluding carboxylic acids is 1. The molecule has 0 spiro atoms. The van der Waals surface area contributed by atoms with Crippen LogP contribution in [0.1, 0.15) is 17.5 Å². The van der Waals surface area contributed by atoms with Crippen molar-refractivity contribution in [1.82, 2.24) is 5.32 Å². The number of amides is 1. The molecule has 1 rings (SSSR count). The molecule has 0 bridgehead atoms. The van der Waals surface area contributed by atoms with Crippen molar-refractivity contribution in [1.29, 1.82) is 0 Å². The van der Waals surface area contributed by atoms with Crippen molar-refractivity contribution < 1.29 is 13.2 Å². The third-order valence-electron chi connectivity index (χ3n) is 3.16. The summed E-state index contributed by atoms with van der Waals surface area (Å²) >= 11 is 0. The molecule has 0 aliphatic heterocycles. The maximum absolute atomic E-state index is 11.9. The zero-order valence-corrected chi connectivity index (χ0v) is 13.5. The number of nitrogens with zero attached hydrogens (tertiary/aromatic N) is 1. The van der Waals surface area contributed by atoms with Crippen molar-refractivity contribution in [2.24, 2.45) is 0 Å². The van der Waals surface area contributed by atoms with Crippen LogP contribution in [-0.2, 0) is 14.8 Å². The summed E-state index contributed by atoms with van der Waals surface area (Å²) in [6, 6.07) is 5.45. The molecule has 0 aromatic heterocycles. The Hall–Kier alpha value is -1.82. The highest BCUT2D eigenvalue weighted by atomic mass is 32.2. The molecule has 116 valence electrons. The predicted octanol–water partition coefficient (Wildman–Crippen LogP) is 1.76. The standard InChI is InChI=1S/C15H22N2O3S/c1-5-9-16-15(18)8-10-17(21(4,19)20)14-7-6-12(2)13(3)11-14/h5-7,11H,1,8-10H2,2-4H3,(H,16,18). The van der Waals surface area contributed by atoms with Gasteiger partial charge in [0.25, 0.3) is 0 Å². The Morgan fingerprint density at radius 1 is 1.33 bits per heavy atom. The maximum Gasteiger partial charge on any atom is 0.232 e. The highest BCUT2D eigenvalue weighted by Crippen LogP contribution is 2.21. The number of aryl methyl sites for hydroxylation is 2. The first-order valence-corrected chi connectivity index (χ1v) is 8.53. The van der Waals surface area contributed by atoms with E-state index in [-0.39, 0.29) is 18.9 Å². The van der Waals surface area contributed by atoms with Crippen molar-refractivity contribution in [2.75, 3.05) is 23.7 Å². The molecule has 5 nitrogen and oxygen atoms in total. The van der Waals surface area contributed by atoms with Crippen molar-refractivity contribution in [2.45, 2.75) is 20.3 Å². The van der Waals surface area contributed by atoms with Crippen molar-refractivity contribution in [3.8, 4) is 0 Å². The fourth-order valence-corrected chi connectivity index (χ4v) is 2.76. The second-order valence-corrected chi connectivity index (χ2v) is 6.85. The summed E-state index contributed by atoms with van der Waals surface area (Å²) in [5, 5.41) is 2.63. The monoisotopic (exact) mass is 310 g/mol. The van der Waals surface area contributed by atoms with E-state index >= 15 is 0 Å². The van der Waals surface area contributed by atoms with E-state index in [2.05, 4.69) is 11.9 Å². The van der Waals surface area contributed by atoms with Crippen molar-refractivity contribution in [3.63, 3.8) is 0 Å². The molecule has 21 heavy (non-hydrogen) atoms.